The maximum absolute atomic E-state index is 12.7. The van der Waals surface area contributed by atoms with Crippen LogP contribution in [0.5, 0.6) is 0 Å². The van der Waals surface area contributed by atoms with Gasteiger partial charge in [-0.3, -0.25) is 9.38 Å². The van der Waals surface area contributed by atoms with E-state index < -0.39 is 11.7 Å². The molecule has 0 aliphatic rings. The molecule has 0 aromatic carbocycles. The van der Waals surface area contributed by atoms with Crippen molar-refractivity contribution in [3.63, 3.8) is 0 Å². The Hall–Kier alpha value is -2.09. The smallest absolute Gasteiger partial charge is 0.277 e. The molecule has 108 valence electrons. The fourth-order valence-electron chi connectivity index (χ4n) is 1.76. The molecule has 0 saturated heterocycles. The van der Waals surface area contributed by atoms with Gasteiger partial charge in [-0.15, -0.1) is 10.2 Å². The molecule has 0 aliphatic carbocycles. The van der Waals surface area contributed by atoms with Crippen molar-refractivity contribution in [2.75, 3.05) is 0 Å². The van der Waals surface area contributed by atoms with Crippen LogP contribution in [0.2, 0.25) is 0 Å². The van der Waals surface area contributed by atoms with Gasteiger partial charge in [0.15, 0.2) is 10.8 Å². The van der Waals surface area contributed by atoms with Gasteiger partial charge in [-0.05, 0) is 24.3 Å². The summed E-state index contributed by atoms with van der Waals surface area (Å²) in [5.41, 5.74) is 0.479. The molecule has 0 radical (unpaired) electrons. The van der Waals surface area contributed by atoms with Gasteiger partial charge in [-0.2, -0.15) is 13.2 Å². The molecule has 0 N–H and O–H groups in total. The molecular weight excluding hydrogens is 301 g/mol. The third-order valence-electron chi connectivity index (χ3n) is 2.77. The van der Waals surface area contributed by atoms with Crippen LogP contribution in [0.4, 0.5) is 13.2 Å². The van der Waals surface area contributed by atoms with E-state index in [4.69, 9.17) is 0 Å². The minimum atomic E-state index is -4.39. The zero-order valence-electron chi connectivity index (χ0n) is 10.6. The number of hydrogen-bond acceptors (Lipinski definition) is 4. The monoisotopic (exact) mass is 310 g/mol. The average Bonchev–Trinajstić information content (AvgIpc) is 2.87. The maximum atomic E-state index is 12.7. The fraction of sp³-hybridized carbons (Fsp3) is 0.154. The minimum Gasteiger partial charge on any atom is -0.277 e. The molecule has 0 saturated carbocycles. The number of hydrogen-bond donors (Lipinski definition) is 0. The summed E-state index contributed by atoms with van der Waals surface area (Å²) in [4.78, 5) is 4.16. The van der Waals surface area contributed by atoms with Crippen LogP contribution in [-0.4, -0.2) is 19.6 Å². The predicted octanol–water partition coefficient (Wildman–Crippen LogP) is 3.44. The van der Waals surface area contributed by atoms with Crippen LogP contribution in [-0.2, 0) is 11.9 Å². The second-order valence-electron chi connectivity index (χ2n) is 4.24. The van der Waals surface area contributed by atoms with E-state index in [2.05, 4.69) is 15.2 Å². The lowest BCUT2D eigenvalue weighted by Gasteiger charge is -2.07. The highest BCUT2D eigenvalue weighted by Gasteiger charge is 2.31. The molecule has 0 bridgehead atoms. The molecule has 8 heteroatoms. The Kier molecular flexibility index (Phi) is 3.54. The third kappa shape index (κ3) is 2.99. The average molecular weight is 310 g/mol. The molecule has 4 nitrogen and oxygen atoms in total. The van der Waals surface area contributed by atoms with E-state index in [0.717, 1.165) is 18.0 Å². The molecule has 3 aromatic heterocycles. The molecule has 0 aliphatic heterocycles. The number of halogens is 3. The van der Waals surface area contributed by atoms with Crippen molar-refractivity contribution in [3.05, 3.63) is 54.0 Å². The summed E-state index contributed by atoms with van der Waals surface area (Å²) >= 11 is 1.29. The summed E-state index contributed by atoms with van der Waals surface area (Å²) in [6, 6.07) is 7.80. The summed E-state index contributed by atoms with van der Waals surface area (Å²) in [5.74, 6) is 0.512. The number of fused-ring (bicyclic) bond motifs is 1. The van der Waals surface area contributed by atoms with Crippen LogP contribution < -0.4 is 0 Å². The summed E-state index contributed by atoms with van der Waals surface area (Å²) in [7, 11) is 0. The van der Waals surface area contributed by atoms with Crippen molar-refractivity contribution < 1.29 is 13.2 Å². The molecule has 21 heavy (non-hydrogen) atoms. The lowest BCUT2D eigenvalue weighted by molar-refractivity contribution is -0.137. The number of alkyl halides is 3. The molecular formula is C13H9F3N4S. The first kappa shape index (κ1) is 13.9. The number of pyridine rings is 2. The zero-order chi connectivity index (χ0) is 14.9. The van der Waals surface area contributed by atoms with Crippen molar-refractivity contribution in [2.45, 2.75) is 17.1 Å². The van der Waals surface area contributed by atoms with E-state index in [1.54, 1.807) is 12.3 Å². The van der Waals surface area contributed by atoms with Crippen LogP contribution in [0.25, 0.3) is 5.65 Å². The minimum absolute atomic E-state index is 0.381. The van der Waals surface area contributed by atoms with Crippen molar-refractivity contribution in [2.24, 2.45) is 0 Å². The number of aromatic nitrogens is 4. The van der Waals surface area contributed by atoms with Crippen molar-refractivity contribution in [1.82, 2.24) is 19.6 Å². The molecule has 0 spiro atoms. The normalized spacial score (nSPS) is 12.0. The van der Waals surface area contributed by atoms with Gasteiger partial charge in [-0.1, -0.05) is 17.8 Å². The Morgan fingerprint density at radius 3 is 2.67 bits per heavy atom. The molecule has 0 amide bonds. The molecule has 0 atom stereocenters. The predicted molar refractivity (Wildman–Crippen MR) is 71.8 cm³/mol. The number of nitrogens with zero attached hydrogens (tertiary/aromatic N) is 4. The van der Waals surface area contributed by atoms with Gasteiger partial charge in [0, 0.05) is 18.1 Å². The SMILES string of the molecule is FC(F)(F)c1ccc2nnc(SCc3ccccn3)n2c1. The number of thioether (sulfide) groups is 1. The Balaban J connectivity index is 1.88. The third-order valence-corrected chi connectivity index (χ3v) is 3.75. The first-order valence-electron chi connectivity index (χ1n) is 5.99. The quantitative estimate of drug-likeness (QED) is 0.695. The highest BCUT2D eigenvalue weighted by molar-refractivity contribution is 7.98. The second-order valence-corrected chi connectivity index (χ2v) is 5.18. The largest absolute Gasteiger partial charge is 0.417 e. The van der Waals surface area contributed by atoms with Gasteiger partial charge >= 0.3 is 6.18 Å². The van der Waals surface area contributed by atoms with E-state index in [-0.39, 0.29) is 0 Å². The van der Waals surface area contributed by atoms with E-state index in [1.165, 1.54) is 22.2 Å². The molecule has 3 aromatic rings. The van der Waals surface area contributed by atoms with Crippen molar-refractivity contribution >= 4 is 17.4 Å². The summed E-state index contributed by atoms with van der Waals surface area (Å²) in [6.07, 6.45) is -1.71. The van der Waals surface area contributed by atoms with Gasteiger partial charge in [-0.25, -0.2) is 0 Å². The number of rotatable bonds is 3. The lowest BCUT2D eigenvalue weighted by atomic mass is 10.3. The maximum Gasteiger partial charge on any atom is 0.417 e. The fourth-order valence-corrected chi connectivity index (χ4v) is 2.59. The van der Waals surface area contributed by atoms with E-state index >= 15 is 0 Å². The Morgan fingerprint density at radius 1 is 1.10 bits per heavy atom. The molecule has 3 rings (SSSR count). The standard InChI is InChI=1S/C13H9F3N4S/c14-13(15,16)9-4-5-11-18-19-12(20(11)7-9)21-8-10-3-1-2-6-17-10/h1-7H,8H2. The molecule has 0 fully saturated rings. The molecule has 3 heterocycles. The summed E-state index contributed by atoms with van der Waals surface area (Å²) in [5, 5.41) is 8.18. The highest BCUT2D eigenvalue weighted by atomic mass is 32.2. The Labute approximate surface area is 122 Å². The lowest BCUT2D eigenvalue weighted by Crippen LogP contribution is -2.06. The highest BCUT2D eigenvalue weighted by Crippen LogP contribution is 2.30. The van der Waals surface area contributed by atoms with Crippen LogP contribution in [0.3, 0.4) is 0 Å². The van der Waals surface area contributed by atoms with Gasteiger partial charge < -0.3 is 0 Å². The van der Waals surface area contributed by atoms with Crippen molar-refractivity contribution in [3.8, 4) is 0 Å². The van der Waals surface area contributed by atoms with Crippen LogP contribution >= 0.6 is 11.8 Å². The Bertz CT molecular complexity index is 755. The van der Waals surface area contributed by atoms with Crippen LogP contribution in [0.1, 0.15) is 11.3 Å². The summed E-state index contributed by atoms with van der Waals surface area (Å²) < 4.78 is 39.5. The van der Waals surface area contributed by atoms with Crippen LogP contribution in [0, 0.1) is 0 Å². The zero-order valence-corrected chi connectivity index (χ0v) is 11.4. The van der Waals surface area contributed by atoms with Crippen molar-refractivity contribution in [1.29, 1.82) is 0 Å². The Morgan fingerprint density at radius 2 is 1.95 bits per heavy atom. The first-order chi connectivity index (χ1) is 10.0. The topological polar surface area (TPSA) is 43.1 Å². The van der Waals surface area contributed by atoms with Gasteiger partial charge in [0.2, 0.25) is 0 Å². The summed E-state index contributed by atoms with van der Waals surface area (Å²) in [6.45, 7) is 0. The van der Waals surface area contributed by atoms with E-state index in [1.807, 2.05) is 12.1 Å². The van der Waals surface area contributed by atoms with Gasteiger partial charge in [0.05, 0.1) is 11.3 Å². The second kappa shape index (κ2) is 5.36. The van der Waals surface area contributed by atoms with E-state index in [0.29, 0.717) is 16.6 Å². The van der Waals surface area contributed by atoms with Crippen LogP contribution in [0.15, 0.2) is 47.9 Å². The molecule has 0 unspecified atom stereocenters. The first-order valence-corrected chi connectivity index (χ1v) is 6.97. The van der Waals surface area contributed by atoms with Gasteiger partial charge in [0.25, 0.3) is 0 Å². The van der Waals surface area contributed by atoms with Gasteiger partial charge in [0.1, 0.15) is 0 Å². The van der Waals surface area contributed by atoms with E-state index in [9.17, 15) is 13.2 Å².